The van der Waals surface area contributed by atoms with Crippen molar-refractivity contribution in [3.8, 4) is 0 Å². The summed E-state index contributed by atoms with van der Waals surface area (Å²) in [6.45, 7) is 7.90. The molecule has 1 saturated heterocycles. The molecule has 21 heavy (non-hydrogen) atoms. The number of sulfonamides is 1. The first kappa shape index (κ1) is 16.5. The molecular formula is C14H25N3O3S. The van der Waals surface area contributed by atoms with E-state index < -0.39 is 10.0 Å². The molecule has 2 rings (SSSR count). The second-order valence-electron chi connectivity index (χ2n) is 5.45. The maximum Gasteiger partial charge on any atom is 0.274 e. The van der Waals surface area contributed by atoms with Crippen LogP contribution in [0, 0.1) is 0 Å². The van der Waals surface area contributed by atoms with Crippen LogP contribution >= 0.6 is 0 Å². The van der Waals surface area contributed by atoms with Gasteiger partial charge >= 0.3 is 0 Å². The fourth-order valence-corrected chi connectivity index (χ4v) is 3.53. The second kappa shape index (κ2) is 7.40. The Morgan fingerprint density at radius 2 is 2.05 bits per heavy atom. The summed E-state index contributed by atoms with van der Waals surface area (Å²) in [5.41, 5.74) is 0. The maximum absolute atomic E-state index is 12.2. The van der Waals surface area contributed by atoms with E-state index in [2.05, 4.69) is 14.9 Å². The van der Waals surface area contributed by atoms with E-state index in [9.17, 15) is 8.42 Å². The summed E-state index contributed by atoms with van der Waals surface area (Å²) in [5.74, 6) is 0.629. The normalized spacial score (nSPS) is 18.2. The van der Waals surface area contributed by atoms with Gasteiger partial charge in [0.1, 0.15) is 5.76 Å². The molecule has 1 aromatic heterocycles. The predicted octanol–water partition coefficient (Wildman–Crippen LogP) is 1.15. The first-order chi connectivity index (χ1) is 10.0. The van der Waals surface area contributed by atoms with Crippen LogP contribution in [-0.2, 0) is 16.6 Å². The average molecular weight is 315 g/mol. The Kier molecular flexibility index (Phi) is 5.80. The van der Waals surface area contributed by atoms with Crippen molar-refractivity contribution in [1.82, 2.24) is 14.9 Å². The Hall–Kier alpha value is -0.890. The van der Waals surface area contributed by atoms with Crippen molar-refractivity contribution in [1.29, 1.82) is 0 Å². The van der Waals surface area contributed by atoms with E-state index in [1.165, 1.54) is 18.9 Å². The highest BCUT2D eigenvalue weighted by atomic mass is 32.2. The Morgan fingerprint density at radius 3 is 2.71 bits per heavy atom. The third kappa shape index (κ3) is 4.54. The molecule has 1 unspecified atom stereocenters. The van der Waals surface area contributed by atoms with Gasteiger partial charge in [-0.25, -0.2) is 13.1 Å². The molecule has 0 amide bonds. The maximum atomic E-state index is 12.2. The van der Waals surface area contributed by atoms with E-state index in [-0.39, 0.29) is 11.1 Å². The van der Waals surface area contributed by atoms with E-state index >= 15 is 0 Å². The predicted molar refractivity (Wildman–Crippen MR) is 81.5 cm³/mol. The first-order valence-electron chi connectivity index (χ1n) is 7.56. The van der Waals surface area contributed by atoms with Crippen molar-refractivity contribution in [2.24, 2.45) is 0 Å². The smallest absolute Gasteiger partial charge is 0.274 e. The lowest BCUT2D eigenvalue weighted by atomic mass is 10.3. The minimum Gasteiger partial charge on any atom is -0.447 e. The lowest BCUT2D eigenvalue weighted by Gasteiger charge is -2.23. The number of hydrogen-bond acceptors (Lipinski definition) is 5. The molecule has 1 aromatic rings. The Labute approximate surface area is 126 Å². The van der Waals surface area contributed by atoms with E-state index in [4.69, 9.17) is 4.42 Å². The molecule has 0 bridgehead atoms. The number of nitrogens with zero attached hydrogens (tertiary/aromatic N) is 1. The van der Waals surface area contributed by atoms with Gasteiger partial charge < -0.3 is 9.73 Å². The van der Waals surface area contributed by atoms with Gasteiger partial charge in [0, 0.05) is 12.6 Å². The van der Waals surface area contributed by atoms with Crippen molar-refractivity contribution in [2.75, 3.05) is 26.2 Å². The van der Waals surface area contributed by atoms with Gasteiger partial charge in [0.05, 0.1) is 6.54 Å². The molecule has 0 aromatic carbocycles. The quantitative estimate of drug-likeness (QED) is 0.753. The molecule has 0 spiro atoms. The van der Waals surface area contributed by atoms with Crippen molar-refractivity contribution in [3.63, 3.8) is 0 Å². The summed E-state index contributed by atoms with van der Waals surface area (Å²) in [7, 11) is -3.56. The lowest BCUT2D eigenvalue weighted by molar-refractivity contribution is 0.259. The zero-order valence-corrected chi connectivity index (χ0v) is 13.6. The standard InChI is InChI=1S/C14H25N3O3S/c1-3-15-11-13-6-7-14(20-13)21(18,19)16-10-12(2)17-8-4-5-9-17/h6-7,12,15-16H,3-5,8-11H2,1-2H3. The number of rotatable bonds is 8. The summed E-state index contributed by atoms with van der Waals surface area (Å²) < 4.78 is 32.4. The summed E-state index contributed by atoms with van der Waals surface area (Å²) in [6, 6.07) is 3.41. The van der Waals surface area contributed by atoms with Crippen molar-refractivity contribution < 1.29 is 12.8 Å². The number of hydrogen-bond donors (Lipinski definition) is 2. The molecular weight excluding hydrogens is 290 g/mol. The number of furan rings is 1. The molecule has 2 heterocycles. The molecule has 6 nitrogen and oxygen atoms in total. The zero-order valence-electron chi connectivity index (χ0n) is 12.8. The summed E-state index contributed by atoms with van der Waals surface area (Å²) in [6.07, 6.45) is 2.39. The van der Waals surface area contributed by atoms with Gasteiger partial charge in [-0.1, -0.05) is 6.92 Å². The molecule has 120 valence electrons. The van der Waals surface area contributed by atoms with E-state index in [1.807, 2.05) is 13.8 Å². The monoisotopic (exact) mass is 315 g/mol. The molecule has 0 saturated carbocycles. The SMILES string of the molecule is CCNCc1ccc(S(=O)(=O)NCC(C)N2CCCC2)o1. The van der Waals surface area contributed by atoms with Gasteiger partial charge in [-0.05, 0) is 51.5 Å². The van der Waals surface area contributed by atoms with Gasteiger partial charge in [-0.15, -0.1) is 0 Å². The highest BCUT2D eigenvalue weighted by molar-refractivity contribution is 7.89. The van der Waals surface area contributed by atoms with Crippen LogP contribution in [0.4, 0.5) is 0 Å². The van der Waals surface area contributed by atoms with E-state index in [1.54, 1.807) is 6.07 Å². The van der Waals surface area contributed by atoms with Gasteiger partial charge in [0.2, 0.25) is 5.09 Å². The second-order valence-corrected chi connectivity index (χ2v) is 7.14. The molecule has 0 aliphatic carbocycles. The van der Waals surface area contributed by atoms with Gasteiger partial charge in [0.25, 0.3) is 10.0 Å². The molecule has 1 atom stereocenters. The highest BCUT2D eigenvalue weighted by Gasteiger charge is 2.23. The number of likely N-dealkylation sites (tertiary alicyclic amines) is 1. The van der Waals surface area contributed by atoms with E-state index in [0.717, 1.165) is 19.6 Å². The lowest BCUT2D eigenvalue weighted by Crippen LogP contribution is -2.40. The van der Waals surface area contributed by atoms with Crippen LogP contribution in [0.25, 0.3) is 0 Å². The average Bonchev–Trinajstić information content (AvgIpc) is 3.13. The Morgan fingerprint density at radius 1 is 1.33 bits per heavy atom. The van der Waals surface area contributed by atoms with Crippen LogP contribution in [0.15, 0.2) is 21.6 Å². The fourth-order valence-electron chi connectivity index (χ4n) is 2.46. The van der Waals surface area contributed by atoms with Gasteiger partial charge in [0.15, 0.2) is 0 Å². The molecule has 7 heteroatoms. The van der Waals surface area contributed by atoms with Crippen LogP contribution in [0.2, 0.25) is 0 Å². The third-order valence-electron chi connectivity index (χ3n) is 3.78. The van der Waals surface area contributed by atoms with Gasteiger partial charge in [-0.2, -0.15) is 0 Å². The molecule has 2 N–H and O–H groups in total. The van der Waals surface area contributed by atoms with E-state index in [0.29, 0.717) is 18.8 Å². The van der Waals surface area contributed by atoms with Crippen molar-refractivity contribution >= 4 is 10.0 Å². The summed E-state index contributed by atoms with van der Waals surface area (Å²) in [5, 5.41) is 3.09. The van der Waals surface area contributed by atoms with Crippen molar-refractivity contribution in [2.45, 2.75) is 44.4 Å². The minimum atomic E-state index is -3.56. The minimum absolute atomic E-state index is 0.0102. The third-order valence-corrected chi connectivity index (χ3v) is 5.08. The Balaban J connectivity index is 1.90. The van der Waals surface area contributed by atoms with Crippen LogP contribution in [-0.4, -0.2) is 45.5 Å². The van der Waals surface area contributed by atoms with Crippen LogP contribution in [0.3, 0.4) is 0 Å². The Bertz CT molecular complexity index is 535. The highest BCUT2D eigenvalue weighted by Crippen LogP contribution is 2.15. The van der Waals surface area contributed by atoms with Gasteiger partial charge in [-0.3, -0.25) is 4.90 Å². The largest absolute Gasteiger partial charge is 0.447 e. The molecule has 0 radical (unpaired) electrons. The van der Waals surface area contributed by atoms with Crippen LogP contribution < -0.4 is 10.0 Å². The summed E-state index contributed by atoms with van der Waals surface area (Å²) in [4.78, 5) is 2.31. The molecule has 1 aliphatic heterocycles. The zero-order chi connectivity index (χ0) is 15.3. The van der Waals surface area contributed by atoms with Crippen molar-refractivity contribution in [3.05, 3.63) is 17.9 Å². The fraction of sp³-hybridized carbons (Fsp3) is 0.714. The number of nitrogens with one attached hydrogen (secondary N) is 2. The van der Waals surface area contributed by atoms with Crippen LogP contribution in [0.5, 0.6) is 0 Å². The molecule has 1 fully saturated rings. The first-order valence-corrected chi connectivity index (χ1v) is 9.04. The topological polar surface area (TPSA) is 74.6 Å². The molecule has 1 aliphatic rings. The summed E-state index contributed by atoms with van der Waals surface area (Å²) >= 11 is 0. The van der Waals surface area contributed by atoms with Crippen LogP contribution in [0.1, 0.15) is 32.4 Å².